The van der Waals surface area contributed by atoms with Crippen molar-refractivity contribution in [1.29, 1.82) is 0 Å². The number of amides is 1. The maximum atomic E-state index is 12.3. The van der Waals surface area contributed by atoms with Crippen LogP contribution in [-0.4, -0.2) is 22.0 Å². The number of carbonyl (C=O) groups is 1. The van der Waals surface area contributed by atoms with Gasteiger partial charge in [-0.1, -0.05) is 19.1 Å². The molecule has 0 spiro atoms. The molecule has 3 N–H and O–H groups in total. The fourth-order valence-corrected chi connectivity index (χ4v) is 2.02. The van der Waals surface area contributed by atoms with Crippen molar-refractivity contribution in [2.24, 2.45) is 11.1 Å². The number of nitrogens with one attached hydrogen (secondary N) is 1. The van der Waals surface area contributed by atoms with Gasteiger partial charge in [-0.25, -0.2) is 4.98 Å². The molecule has 0 bridgehead atoms. The molecule has 0 saturated heterocycles. The lowest BCUT2D eigenvalue weighted by Crippen LogP contribution is -2.39. The lowest BCUT2D eigenvalue weighted by Gasteiger charge is -2.25. The van der Waals surface area contributed by atoms with Crippen LogP contribution in [0.5, 0.6) is 0 Å². The summed E-state index contributed by atoms with van der Waals surface area (Å²) in [7, 11) is 0. The van der Waals surface area contributed by atoms with Crippen molar-refractivity contribution >= 4 is 11.6 Å². The topological polar surface area (TPSA) is 72.9 Å². The van der Waals surface area contributed by atoms with Gasteiger partial charge < -0.3 is 15.6 Å². The van der Waals surface area contributed by atoms with Gasteiger partial charge in [-0.05, 0) is 31.0 Å². The molecule has 0 fully saturated rings. The first-order chi connectivity index (χ1) is 10.1. The van der Waals surface area contributed by atoms with Crippen LogP contribution in [0.2, 0.25) is 0 Å². The zero-order valence-corrected chi connectivity index (χ0v) is 12.5. The minimum atomic E-state index is -0.527. The molecule has 1 heterocycles. The van der Waals surface area contributed by atoms with Crippen LogP contribution in [0.25, 0.3) is 0 Å². The van der Waals surface area contributed by atoms with Gasteiger partial charge in [0.15, 0.2) is 0 Å². The zero-order chi connectivity index (χ0) is 15.3. The first-order valence-electron chi connectivity index (χ1n) is 7.13. The molecule has 1 unspecified atom stereocenters. The fraction of sp³-hybridized carbons (Fsp3) is 0.375. The quantitative estimate of drug-likeness (QED) is 0.855. The van der Waals surface area contributed by atoms with E-state index in [1.165, 1.54) is 0 Å². The van der Waals surface area contributed by atoms with Crippen LogP contribution in [0.1, 0.15) is 25.8 Å². The third-order valence-corrected chi connectivity index (χ3v) is 3.89. The van der Waals surface area contributed by atoms with Gasteiger partial charge in [0.25, 0.3) is 0 Å². The van der Waals surface area contributed by atoms with Gasteiger partial charge >= 0.3 is 0 Å². The Morgan fingerprint density at radius 2 is 2.29 bits per heavy atom. The molecule has 0 radical (unpaired) electrons. The number of carbonyl (C=O) groups excluding carboxylic acids is 1. The van der Waals surface area contributed by atoms with Crippen molar-refractivity contribution in [3.8, 4) is 0 Å². The number of hydrogen-bond acceptors (Lipinski definition) is 3. The minimum Gasteiger partial charge on any atom is -0.333 e. The lowest BCUT2D eigenvalue weighted by molar-refractivity contribution is -0.124. The normalized spacial score (nSPS) is 13.7. The lowest BCUT2D eigenvalue weighted by atomic mass is 9.86. The first-order valence-corrected chi connectivity index (χ1v) is 7.13. The van der Waals surface area contributed by atoms with Crippen LogP contribution >= 0.6 is 0 Å². The van der Waals surface area contributed by atoms with E-state index in [0.29, 0.717) is 13.0 Å². The molecule has 5 nitrogen and oxygen atoms in total. The Morgan fingerprint density at radius 3 is 2.90 bits per heavy atom. The summed E-state index contributed by atoms with van der Waals surface area (Å²) in [6, 6.07) is 7.83. The van der Waals surface area contributed by atoms with E-state index in [1.54, 1.807) is 12.5 Å². The van der Waals surface area contributed by atoms with Crippen molar-refractivity contribution in [3.63, 3.8) is 0 Å². The van der Waals surface area contributed by atoms with Gasteiger partial charge in [0.05, 0.1) is 11.7 Å². The predicted molar refractivity (Wildman–Crippen MR) is 83.9 cm³/mol. The summed E-state index contributed by atoms with van der Waals surface area (Å²) in [5.74, 6) is -0.0349. The van der Waals surface area contributed by atoms with E-state index in [4.69, 9.17) is 5.73 Å². The summed E-state index contributed by atoms with van der Waals surface area (Å²) < 4.78 is 1.98. The fourth-order valence-electron chi connectivity index (χ4n) is 2.02. The monoisotopic (exact) mass is 286 g/mol. The molecular weight excluding hydrogens is 264 g/mol. The van der Waals surface area contributed by atoms with Crippen molar-refractivity contribution in [1.82, 2.24) is 9.55 Å². The summed E-state index contributed by atoms with van der Waals surface area (Å²) in [5.41, 5.74) is 7.10. The van der Waals surface area contributed by atoms with E-state index < -0.39 is 5.41 Å². The van der Waals surface area contributed by atoms with Gasteiger partial charge in [0.1, 0.15) is 0 Å². The van der Waals surface area contributed by atoms with E-state index >= 15 is 0 Å². The largest absolute Gasteiger partial charge is 0.333 e. The second-order valence-corrected chi connectivity index (χ2v) is 5.51. The number of rotatable bonds is 6. The molecule has 0 aliphatic heterocycles. The average Bonchev–Trinajstić information content (AvgIpc) is 2.99. The Labute approximate surface area is 125 Å². The van der Waals surface area contributed by atoms with Gasteiger partial charge in [0, 0.05) is 31.2 Å². The molecular formula is C16H22N4O. The third kappa shape index (κ3) is 3.70. The maximum Gasteiger partial charge on any atom is 0.231 e. The molecule has 2 rings (SSSR count). The van der Waals surface area contributed by atoms with Crippen LogP contribution < -0.4 is 11.1 Å². The van der Waals surface area contributed by atoms with E-state index in [2.05, 4.69) is 10.3 Å². The molecule has 112 valence electrons. The van der Waals surface area contributed by atoms with Crippen LogP contribution in [0, 0.1) is 5.41 Å². The standard InChI is InChI=1S/C16H22N4O/c1-3-16(2,11-17)15(21)19-14-6-4-5-13(9-14)10-20-8-7-18-12-20/h4-9,12H,3,10-11,17H2,1-2H3,(H,19,21). The second-order valence-electron chi connectivity index (χ2n) is 5.51. The highest BCUT2D eigenvalue weighted by Gasteiger charge is 2.29. The number of aromatic nitrogens is 2. The Hall–Kier alpha value is -2.14. The summed E-state index contributed by atoms with van der Waals surface area (Å²) in [6.45, 7) is 4.93. The van der Waals surface area contributed by atoms with Crippen LogP contribution in [0.4, 0.5) is 5.69 Å². The van der Waals surface area contributed by atoms with E-state index in [0.717, 1.165) is 17.8 Å². The number of imidazole rings is 1. The van der Waals surface area contributed by atoms with Crippen LogP contribution in [0.3, 0.4) is 0 Å². The smallest absolute Gasteiger partial charge is 0.231 e. The number of benzene rings is 1. The van der Waals surface area contributed by atoms with Crippen LogP contribution in [-0.2, 0) is 11.3 Å². The van der Waals surface area contributed by atoms with Crippen molar-refractivity contribution < 1.29 is 4.79 Å². The Kier molecular flexibility index (Phi) is 4.75. The second kappa shape index (κ2) is 6.54. The Balaban J connectivity index is 2.09. The zero-order valence-electron chi connectivity index (χ0n) is 12.5. The first kappa shape index (κ1) is 15.3. The van der Waals surface area contributed by atoms with Crippen molar-refractivity contribution in [3.05, 3.63) is 48.5 Å². The highest BCUT2D eigenvalue weighted by Crippen LogP contribution is 2.22. The summed E-state index contributed by atoms with van der Waals surface area (Å²) in [5, 5.41) is 2.96. The Bertz CT molecular complexity index is 588. The van der Waals surface area contributed by atoms with Gasteiger partial charge in [0.2, 0.25) is 5.91 Å². The molecule has 2 aromatic rings. The average molecular weight is 286 g/mol. The molecule has 1 aromatic carbocycles. The highest BCUT2D eigenvalue weighted by molar-refractivity contribution is 5.95. The third-order valence-electron chi connectivity index (χ3n) is 3.89. The number of anilines is 1. The van der Waals surface area contributed by atoms with E-state index in [1.807, 2.05) is 48.9 Å². The molecule has 1 atom stereocenters. The molecule has 1 amide bonds. The summed E-state index contributed by atoms with van der Waals surface area (Å²) in [6.07, 6.45) is 6.14. The number of nitrogens with zero attached hydrogens (tertiary/aromatic N) is 2. The molecule has 1 aromatic heterocycles. The predicted octanol–water partition coefficient (Wildman–Crippen LogP) is 2.24. The number of nitrogens with two attached hydrogens (primary N) is 1. The highest BCUT2D eigenvalue weighted by atomic mass is 16.2. The van der Waals surface area contributed by atoms with Gasteiger partial charge in [-0.15, -0.1) is 0 Å². The van der Waals surface area contributed by atoms with Gasteiger partial charge in [-0.2, -0.15) is 0 Å². The van der Waals surface area contributed by atoms with Crippen LogP contribution in [0.15, 0.2) is 43.0 Å². The van der Waals surface area contributed by atoms with Gasteiger partial charge in [-0.3, -0.25) is 4.79 Å². The molecule has 21 heavy (non-hydrogen) atoms. The van der Waals surface area contributed by atoms with E-state index in [9.17, 15) is 4.79 Å². The summed E-state index contributed by atoms with van der Waals surface area (Å²) in [4.78, 5) is 16.3. The summed E-state index contributed by atoms with van der Waals surface area (Å²) >= 11 is 0. The van der Waals surface area contributed by atoms with Crippen molar-refractivity contribution in [2.75, 3.05) is 11.9 Å². The molecule has 0 aliphatic rings. The maximum absolute atomic E-state index is 12.3. The van der Waals surface area contributed by atoms with Crippen molar-refractivity contribution in [2.45, 2.75) is 26.8 Å². The minimum absolute atomic E-state index is 0.0349. The molecule has 0 aliphatic carbocycles. The molecule has 0 saturated carbocycles. The SMILES string of the molecule is CCC(C)(CN)C(=O)Nc1cccc(Cn2ccnc2)c1. The Morgan fingerprint density at radius 1 is 1.48 bits per heavy atom. The molecule has 5 heteroatoms. The number of hydrogen-bond donors (Lipinski definition) is 2. The van der Waals surface area contributed by atoms with E-state index in [-0.39, 0.29) is 5.91 Å².